The zero-order valence-electron chi connectivity index (χ0n) is 19.8. The van der Waals surface area contributed by atoms with E-state index >= 15 is 8.78 Å². The molecule has 2 aromatic carbocycles. The second-order valence-electron chi connectivity index (χ2n) is 10.0. The first kappa shape index (κ1) is 23.9. The number of likely N-dealkylation sites (tertiary alicyclic amines) is 1. The number of hydrogen-bond donors (Lipinski definition) is 1. The van der Waals surface area contributed by atoms with Crippen molar-refractivity contribution in [2.45, 2.75) is 38.1 Å². The second-order valence-corrected chi connectivity index (χ2v) is 10.0. The van der Waals surface area contributed by atoms with E-state index in [1.165, 1.54) is 32.1 Å². The van der Waals surface area contributed by atoms with Gasteiger partial charge in [-0.3, -0.25) is 9.80 Å². The summed E-state index contributed by atoms with van der Waals surface area (Å²) in [5.41, 5.74) is 0.947. The van der Waals surface area contributed by atoms with Gasteiger partial charge in [0.2, 0.25) is 0 Å². The molecule has 1 aromatic heterocycles. The van der Waals surface area contributed by atoms with Crippen molar-refractivity contribution in [3.8, 4) is 5.75 Å². The molecule has 8 heteroatoms. The maximum atomic E-state index is 15.6. The number of aromatic nitrogens is 1. The van der Waals surface area contributed by atoms with Crippen LogP contribution in [-0.2, 0) is 6.42 Å². The zero-order chi connectivity index (χ0) is 24.7. The maximum Gasteiger partial charge on any atom is 0.135 e. The first-order valence-electron chi connectivity index (χ1n) is 11.9. The Morgan fingerprint density at radius 3 is 2.54 bits per heavy atom. The SMILES string of the molecule is CC(C)(F)CN1CCc2c([nH]c3ccccc23)[C@H]1c1c(F)cc(OC2CN(C/C=C/F)C2)cc1F. The number of benzene rings is 2. The van der Waals surface area contributed by atoms with Crippen molar-refractivity contribution in [2.24, 2.45) is 0 Å². The van der Waals surface area contributed by atoms with E-state index in [9.17, 15) is 8.78 Å². The number of fused-ring (bicyclic) bond motifs is 3. The molecule has 0 aliphatic carbocycles. The molecule has 1 fully saturated rings. The highest BCUT2D eigenvalue weighted by molar-refractivity contribution is 5.85. The molecule has 1 N–H and O–H groups in total. The Kier molecular flexibility index (Phi) is 6.36. The Hall–Kier alpha value is -2.84. The molecule has 35 heavy (non-hydrogen) atoms. The molecule has 1 atom stereocenters. The van der Waals surface area contributed by atoms with Crippen LogP contribution in [0.2, 0.25) is 0 Å². The van der Waals surface area contributed by atoms with Gasteiger partial charge in [-0.1, -0.05) is 18.2 Å². The first-order chi connectivity index (χ1) is 16.7. The summed E-state index contributed by atoms with van der Waals surface area (Å²) in [7, 11) is 0. The number of hydrogen-bond acceptors (Lipinski definition) is 3. The third-order valence-electron chi connectivity index (χ3n) is 6.72. The van der Waals surface area contributed by atoms with E-state index in [-0.39, 0.29) is 24.0 Å². The molecule has 0 radical (unpaired) electrons. The van der Waals surface area contributed by atoms with Crippen LogP contribution in [0.3, 0.4) is 0 Å². The molecular weight excluding hydrogens is 458 g/mol. The Morgan fingerprint density at radius 1 is 1.14 bits per heavy atom. The van der Waals surface area contributed by atoms with Crippen LogP contribution in [0.15, 0.2) is 48.8 Å². The molecule has 2 aliphatic rings. The number of halogens is 4. The van der Waals surface area contributed by atoms with Crippen molar-refractivity contribution < 1.29 is 22.3 Å². The van der Waals surface area contributed by atoms with Gasteiger partial charge < -0.3 is 9.72 Å². The van der Waals surface area contributed by atoms with Crippen molar-refractivity contribution in [3.05, 3.63) is 77.3 Å². The highest BCUT2D eigenvalue weighted by atomic mass is 19.1. The summed E-state index contributed by atoms with van der Waals surface area (Å²) in [6.07, 6.45) is 2.34. The number of aromatic amines is 1. The van der Waals surface area contributed by atoms with Crippen molar-refractivity contribution in [1.82, 2.24) is 14.8 Å². The van der Waals surface area contributed by atoms with Gasteiger partial charge in [-0.2, -0.15) is 0 Å². The summed E-state index contributed by atoms with van der Waals surface area (Å²) in [6, 6.07) is 9.39. The van der Waals surface area contributed by atoms with Gasteiger partial charge in [-0.05, 0) is 38.0 Å². The van der Waals surface area contributed by atoms with E-state index in [2.05, 4.69) is 4.98 Å². The summed E-state index contributed by atoms with van der Waals surface area (Å²) in [4.78, 5) is 7.12. The predicted octanol–water partition coefficient (Wildman–Crippen LogP) is 5.69. The Bertz CT molecular complexity index is 1220. The van der Waals surface area contributed by atoms with E-state index in [1.807, 2.05) is 34.1 Å². The molecular formula is C27H29F4N3O. The normalized spacial score (nSPS) is 19.9. The predicted molar refractivity (Wildman–Crippen MR) is 128 cm³/mol. The van der Waals surface area contributed by atoms with Crippen molar-refractivity contribution in [1.29, 1.82) is 0 Å². The van der Waals surface area contributed by atoms with Crippen molar-refractivity contribution >= 4 is 10.9 Å². The molecule has 3 heterocycles. The van der Waals surface area contributed by atoms with Crippen LogP contribution in [-0.4, -0.2) is 59.3 Å². The zero-order valence-corrected chi connectivity index (χ0v) is 19.8. The van der Waals surface area contributed by atoms with Gasteiger partial charge in [0.1, 0.15) is 29.2 Å². The highest BCUT2D eigenvalue weighted by Crippen LogP contribution is 2.42. The topological polar surface area (TPSA) is 31.5 Å². The monoisotopic (exact) mass is 487 g/mol. The lowest BCUT2D eigenvalue weighted by Gasteiger charge is -2.39. The fourth-order valence-electron chi connectivity index (χ4n) is 5.29. The molecule has 2 aliphatic heterocycles. The molecule has 186 valence electrons. The smallest absolute Gasteiger partial charge is 0.135 e. The lowest BCUT2D eigenvalue weighted by atomic mass is 9.90. The molecule has 0 amide bonds. The number of rotatable bonds is 7. The number of H-pyrrole nitrogens is 1. The molecule has 0 saturated carbocycles. The van der Waals surface area contributed by atoms with Gasteiger partial charge in [0.05, 0.1) is 12.4 Å². The summed E-state index contributed by atoms with van der Waals surface area (Å²) in [5, 5.41) is 1.02. The first-order valence-corrected chi connectivity index (χ1v) is 11.9. The number of ether oxygens (including phenoxy) is 1. The van der Waals surface area contributed by atoms with Gasteiger partial charge in [0.15, 0.2) is 0 Å². The quantitative estimate of drug-likeness (QED) is 0.435. The van der Waals surface area contributed by atoms with Crippen LogP contribution in [0.5, 0.6) is 5.75 Å². The lowest BCUT2D eigenvalue weighted by molar-refractivity contribution is 0.0276. The second kappa shape index (κ2) is 9.32. The average molecular weight is 488 g/mol. The van der Waals surface area contributed by atoms with Crippen LogP contribution < -0.4 is 4.74 Å². The van der Waals surface area contributed by atoms with Crippen molar-refractivity contribution in [3.63, 3.8) is 0 Å². The van der Waals surface area contributed by atoms with Crippen LogP contribution in [0.4, 0.5) is 17.6 Å². The van der Waals surface area contributed by atoms with E-state index in [1.54, 1.807) is 0 Å². The number of nitrogens with zero attached hydrogens (tertiary/aromatic N) is 2. The third-order valence-corrected chi connectivity index (χ3v) is 6.72. The summed E-state index contributed by atoms with van der Waals surface area (Å²) in [6.45, 7) is 5.03. The Morgan fingerprint density at radius 2 is 1.86 bits per heavy atom. The van der Waals surface area contributed by atoms with Crippen LogP contribution >= 0.6 is 0 Å². The molecule has 3 aromatic rings. The number of nitrogens with one attached hydrogen (secondary N) is 1. The highest BCUT2D eigenvalue weighted by Gasteiger charge is 2.38. The Labute approximate surface area is 202 Å². The van der Waals surface area contributed by atoms with Crippen LogP contribution in [0.25, 0.3) is 10.9 Å². The number of alkyl halides is 1. The minimum absolute atomic E-state index is 0.0365. The van der Waals surface area contributed by atoms with Crippen LogP contribution in [0, 0.1) is 11.6 Å². The molecule has 0 spiro atoms. The van der Waals surface area contributed by atoms with Gasteiger partial charge in [-0.15, -0.1) is 0 Å². The van der Waals surface area contributed by atoms with Gasteiger partial charge in [-0.25, -0.2) is 17.6 Å². The fraction of sp³-hybridized carbons (Fsp3) is 0.407. The lowest BCUT2D eigenvalue weighted by Crippen LogP contribution is -2.53. The minimum Gasteiger partial charge on any atom is -0.488 e. The van der Waals surface area contributed by atoms with Gasteiger partial charge >= 0.3 is 0 Å². The Balaban J connectivity index is 1.47. The largest absolute Gasteiger partial charge is 0.488 e. The fourth-order valence-corrected chi connectivity index (χ4v) is 5.29. The number of para-hydroxylation sites is 1. The standard InChI is InChI=1S/C27H29F4N3O/c1-27(2,31)16-34-11-8-20-19-6-3-4-7-23(19)32-25(20)26(34)24-21(29)12-17(13-22(24)30)35-18-14-33(15-18)10-5-9-28/h3-7,9,12-13,18,26,32H,8,10-11,14-16H2,1-2H3/b9-5+/t26-/m1/s1. The van der Waals surface area contributed by atoms with Crippen LogP contribution in [0.1, 0.15) is 36.7 Å². The molecule has 0 unspecified atom stereocenters. The third kappa shape index (κ3) is 4.82. The molecule has 4 nitrogen and oxygen atoms in total. The molecule has 5 rings (SSSR count). The summed E-state index contributed by atoms with van der Waals surface area (Å²) >= 11 is 0. The minimum atomic E-state index is -1.54. The van der Waals surface area contributed by atoms with Crippen molar-refractivity contribution in [2.75, 3.05) is 32.7 Å². The van der Waals surface area contributed by atoms with E-state index in [4.69, 9.17) is 4.74 Å². The van der Waals surface area contributed by atoms with E-state index < -0.39 is 23.3 Å². The molecule has 0 bridgehead atoms. The molecule has 1 saturated heterocycles. The van der Waals surface area contributed by atoms with Gasteiger partial charge in [0.25, 0.3) is 0 Å². The average Bonchev–Trinajstić information content (AvgIpc) is 3.13. The van der Waals surface area contributed by atoms with E-state index in [0.29, 0.717) is 44.6 Å². The van der Waals surface area contributed by atoms with E-state index in [0.717, 1.165) is 16.5 Å². The summed E-state index contributed by atoms with van der Waals surface area (Å²) in [5.74, 6) is -1.34. The summed E-state index contributed by atoms with van der Waals surface area (Å²) < 4.78 is 63.8. The van der Waals surface area contributed by atoms with Gasteiger partial charge in [0, 0.05) is 67.0 Å². The maximum absolute atomic E-state index is 15.6.